The summed E-state index contributed by atoms with van der Waals surface area (Å²) < 4.78 is 4.88. The molecule has 0 aliphatic heterocycles. The lowest BCUT2D eigenvalue weighted by atomic mass is 10.2. The molecule has 1 aromatic rings. The van der Waals surface area contributed by atoms with Gasteiger partial charge in [-0.2, -0.15) is 0 Å². The van der Waals surface area contributed by atoms with Gasteiger partial charge >= 0.3 is 6.09 Å². The van der Waals surface area contributed by atoms with Crippen LogP contribution in [-0.2, 0) is 20.9 Å². The van der Waals surface area contributed by atoms with Crippen molar-refractivity contribution in [2.75, 3.05) is 0 Å². The van der Waals surface area contributed by atoms with E-state index in [2.05, 4.69) is 5.32 Å². The zero-order valence-electron chi connectivity index (χ0n) is 9.17. The largest absolute Gasteiger partial charge is 0.445 e. The van der Waals surface area contributed by atoms with Gasteiger partial charge in [-0.05, 0) is 5.56 Å². The Morgan fingerprint density at radius 2 is 2.00 bits per heavy atom. The molecule has 17 heavy (non-hydrogen) atoms. The third-order valence-electron chi connectivity index (χ3n) is 2.03. The van der Waals surface area contributed by atoms with E-state index in [0.29, 0.717) is 12.6 Å². The standard InChI is InChI=1S/C12H13NO4/c14-7-6-11(8-15)13-12(16)17-9-10-4-2-1-3-5-10/h1-5,7-8,11H,6,9H2,(H,13,16). The van der Waals surface area contributed by atoms with Crippen LogP contribution in [0.15, 0.2) is 30.3 Å². The molecule has 0 saturated carbocycles. The predicted molar refractivity (Wildman–Crippen MR) is 60.3 cm³/mol. The Balaban J connectivity index is 2.34. The summed E-state index contributed by atoms with van der Waals surface area (Å²) in [7, 11) is 0. The number of hydrogen-bond donors (Lipinski definition) is 1. The van der Waals surface area contributed by atoms with Crippen LogP contribution in [-0.4, -0.2) is 24.7 Å². The van der Waals surface area contributed by atoms with Gasteiger partial charge < -0.3 is 19.6 Å². The van der Waals surface area contributed by atoms with E-state index in [9.17, 15) is 14.4 Å². The lowest BCUT2D eigenvalue weighted by molar-refractivity contribution is -0.113. The van der Waals surface area contributed by atoms with Gasteiger partial charge in [0.05, 0.1) is 6.04 Å². The number of benzene rings is 1. The maximum atomic E-state index is 11.3. The van der Waals surface area contributed by atoms with E-state index in [1.54, 1.807) is 0 Å². The third kappa shape index (κ3) is 4.92. The summed E-state index contributed by atoms with van der Waals surface area (Å²) in [5.74, 6) is 0. The Morgan fingerprint density at radius 1 is 1.29 bits per heavy atom. The Kier molecular flexibility index (Phi) is 5.43. The Bertz CT molecular complexity index is 377. The molecule has 5 nitrogen and oxygen atoms in total. The summed E-state index contributed by atoms with van der Waals surface area (Å²) in [5, 5.41) is 2.28. The number of aldehydes is 2. The number of carbonyl (C=O) groups excluding carboxylic acids is 3. The van der Waals surface area contributed by atoms with Crippen LogP contribution in [0.3, 0.4) is 0 Å². The molecule has 90 valence electrons. The lowest BCUT2D eigenvalue weighted by Gasteiger charge is -2.10. The molecule has 0 radical (unpaired) electrons. The number of hydrogen-bond acceptors (Lipinski definition) is 4. The van der Waals surface area contributed by atoms with Crippen molar-refractivity contribution in [3.05, 3.63) is 35.9 Å². The van der Waals surface area contributed by atoms with Gasteiger partial charge in [-0.3, -0.25) is 0 Å². The Morgan fingerprint density at radius 3 is 2.59 bits per heavy atom. The number of alkyl carbamates (subject to hydrolysis) is 1. The molecule has 0 aliphatic carbocycles. The summed E-state index contributed by atoms with van der Waals surface area (Å²) in [5.41, 5.74) is 0.848. The normalized spacial score (nSPS) is 11.3. The van der Waals surface area contributed by atoms with Gasteiger partial charge in [0, 0.05) is 6.42 Å². The van der Waals surface area contributed by atoms with E-state index in [1.807, 2.05) is 30.3 Å². The molecule has 5 heteroatoms. The average Bonchev–Trinajstić information content (AvgIpc) is 2.37. The predicted octanol–water partition coefficient (Wildman–Crippen LogP) is 1.07. The molecule has 1 aromatic carbocycles. The SMILES string of the molecule is O=CCC(C=O)NC(=O)OCc1ccccc1. The van der Waals surface area contributed by atoms with Gasteiger partial charge in [-0.1, -0.05) is 30.3 Å². The zero-order valence-corrected chi connectivity index (χ0v) is 9.17. The van der Waals surface area contributed by atoms with Crippen molar-refractivity contribution in [1.82, 2.24) is 5.32 Å². The third-order valence-corrected chi connectivity index (χ3v) is 2.03. The Labute approximate surface area is 98.8 Å². The second-order valence-electron chi connectivity index (χ2n) is 3.35. The fourth-order valence-electron chi connectivity index (χ4n) is 1.17. The van der Waals surface area contributed by atoms with Crippen LogP contribution in [0.25, 0.3) is 0 Å². The van der Waals surface area contributed by atoms with Crippen LogP contribution < -0.4 is 5.32 Å². The molecule has 0 aromatic heterocycles. The van der Waals surface area contributed by atoms with Crippen LogP contribution in [0.4, 0.5) is 4.79 Å². The van der Waals surface area contributed by atoms with Crippen molar-refractivity contribution in [2.24, 2.45) is 0 Å². The molecule has 1 unspecified atom stereocenters. The first kappa shape index (κ1) is 12.9. The van der Waals surface area contributed by atoms with Gasteiger partial charge in [0.2, 0.25) is 0 Å². The highest BCUT2D eigenvalue weighted by Gasteiger charge is 2.11. The van der Waals surface area contributed by atoms with Crippen molar-refractivity contribution in [1.29, 1.82) is 0 Å². The minimum atomic E-state index is -0.823. The van der Waals surface area contributed by atoms with Crippen molar-refractivity contribution < 1.29 is 19.1 Å². The van der Waals surface area contributed by atoms with E-state index in [-0.39, 0.29) is 13.0 Å². The fourth-order valence-corrected chi connectivity index (χ4v) is 1.17. The van der Waals surface area contributed by atoms with Crippen LogP contribution in [0.5, 0.6) is 0 Å². The second-order valence-corrected chi connectivity index (χ2v) is 3.35. The number of amides is 1. The van der Waals surface area contributed by atoms with Crippen molar-refractivity contribution >= 4 is 18.7 Å². The molecule has 1 rings (SSSR count). The summed E-state index contributed by atoms with van der Waals surface area (Å²) in [6.07, 6.45) is 0.298. The molecule has 0 spiro atoms. The van der Waals surface area contributed by atoms with Crippen LogP contribution in [0, 0.1) is 0 Å². The fraction of sp³-hybridized carbons (Fsp3) is 0.250. The first-order valence-corrected chi connectivity index (χ1v) is 5.12. The van der Waals surface area contributed by atoms with Crippen molar-refractivity contribution in [2.45, 2.75) is 19.1 Å². The average molecular weight is 235 g/mol. The van der Waals surface area contributed by atoms with E-state index >= 15 is 0 Å². The highest BCUT2D eigenvalue weighted by atomic mass is 16.5. The van der Waals surface area contributed by atoms with E-state index < -0.39 is 12.1 Å². The molecule has 1 atom stereocenters. The van der Waals surface area contributed by atoms with Gasteiger partial charge in [0.25, 0.3) is 0 Å². The highest BCUT2D eigenvalue weighted by molar-refractivity contribution is 5.75. The smallest absolute Gasteiger partial charge is 0.408 e. The van der Waals surface area contributed by atoms with Crippen molar-refractivity contribution in [3.8, 4) is 0 Å². The van der Waals surface area contributed by atoms with Gasteiger partial charge in [0.1, 0.15) is 19.2 Å². The van der Waals surface area contributed by atoms with Crippen LogP contribution in [0.1, 0.15) is 12.0 Å². The molecule has 1 N–H and O–H groups in total. The quantitative estimate of drug-likeness (QED) is 0.748. The lowest BCUT2D eigenvalue weighted by Crippen LogP contribution is -2.36. The Hall–Kier alpha value is -2.17. The first-order chi connectivity index (χ1) is 8.26. The number of nitrogens with one attached hydrogen (secondary N) is 1. The number of carbonyl (C=O) groups is 3. The van der Waals surface area contributed by atoms with Gasteiger partial charge in [-0.25, -0.2) is 4.79 Å². The maximum Gasteiger partial charge on any atom is 0.408 e. The molecular formula is C12H13NO4. The first-order valence-electron chi connectivity index (χ1n) is 5.12. The maximum absolute atomic E-state index is 11.3. The molecule has 0 bridgehead atoms. The summed E-state index contributed by atoms with van der Waals surface area (Å²) >= 11 is 0. The van der Waals surface area contributed by atoms with E-state index in [1.165, 1.54) is 0 Å². The second kappa shape index (κ2) is 7.16. The minimum Gasteiger partial charge on any atom is -0.445 e. The van der Waals surface area contributed by atoms with Crippen molar-refractivity contribution in [3.63, 3.8) is 0 Å². The molecule has 0 aliphatic rings. The summed E-state index contributed by atoms with van der Waals surface area (Å²) in [6, 6.07) is 8.33. The van der Waals surface area contributed by atoms with Gasteiger partial charge in [-0.15, -0.1) is 0 Å². The topological polar surface area (TPSA) is 72.5 Å². The van der Waals surface area contributed by atoms with Gasteiger partial charge in [0.15, 0.2) is 0 Å². The monoisotopic (exact) mass is 235 g/mol. The zero-order chi connectivity index (χ0) is 12.5. The molecular weight excluding hydrogens is 222 g/mol. The number of rotatable bonds is 6. The van der Waals surface area contributed by atoms with E-state index in [0.717, 1.165) is 5.56 Å². The molecule has 0 heterocycles. The van der Waals surface area contributed by atoms with Crippen LogP contribution in [0.2, 0.25) is 0 Å². The van der Waals surface area contributed by atoms with Crippen LogP contribution >= 0.6 is 0 Å². The molecule has 0 fully saturated rings. The summed E-state index contributed by atoms with van der Waals surface area (Å²) in [4.78, 5) is 31.9. The summed E-state index contributed by atoms with van der Waals surface area (Å²) in [6.45, 7) is 0.124. The number of ether oxygens (including phenoxy) is 1. The van der Waals surface area contributed by atoms with E-state index in [4.69, 9.17) is 4.74 Å². The minimum absolute atomic E-state index is 0.0516. The molecule has 0 saturated heterocycles. The highest BCUT2D eigenvalue weighted by Crippen LogP contribution is 2.00. The molecule has 1 amide bonds.